The molecule has 0 bridgehead atoms. The van der Waals surface area contributed by atoms with Crippen LogP contribution >= 0.6 is 0 Å². The molecule has 0 saturated heterocycles. The summed E-state index contributed by atoms with van der Waals surface area (Å²) in [7, 11) is 0. The molecule has 20 heavy (non-hydrogen) atoms. The molecule has 1 N–H and O–H groups in total. The van der Waals surface area contributed by atoms with Gasteiger partial charge in [0.2, 0.25) is 5.91 Å². The molecular formula is C15H18FNO3. The van der Waals surface area contributed by atoms with E-state index < -0.39 is 5.97 Å². The van der Waals surface area contributed by atoms with Crippen LogP contribution in [-0.2, 0) is 9.59 Å². The number of aliphatic carboxylic acids is 1. The second kappa shape index (κ2) is 7.43. The molecule has 0 saturated carbocycles. The van der Waals surface area contributed by atoms with E-state index >= 15 is 0 Å². The number of amides is 1. The highest BCUT2D eigenvalue weighted by Gasteiger charge is 2.15. The van der Waals surface area contributed by atoms with E-state index in [1.807, 2.05) is 13.8 Å². The quantitative estimate of drug-likeness (QED) is 0.814. The summed E-state index contributed by atoms with van der Waals surface area (Å²) in [6, 6.07) is 5.79. The van der Waals surface area contributed by atoms with Gasteiger partial charge in [0.1, 0.15) is 5.82 Å². The number of benzene rings is 1. The van der Waals surface area contributed by atoms with E-state index in [0.29, 0.717) is 5.56 Å². The molecule has 0 atom stereocenters. The van der Waals surface area contributed by atoms with Gasteiger partial charge in [-0.05, 0) is 37.6 Å². The van der Waals surface area contributed by atoms with Crippen molar-refractivity contribution in [2.24, 2.45) is 0 Å². The third-order valence-corrected chi connectivity index (χ3v) is 2.74. The summed E-state index contributed by atoms with van der Waals surface area (Å²) in [5.74, 6) is -1.60. The molecule has 0 aliphatic heterocycles. The van der Waals surface area contributed by atoms with Gasteiger partial charge in [0, 0.05) is 18.7 Å². The monoisotopic (exact) mass is 279 g/mol. The van der Waals surface area contributed by atoms with Gasteiger partial charge < -0.3 is 10.0 Å². The highest BCUT2D eigenvalue weighted by Crippen LogP contribution is 2.07. The van der Waals surface area contributed by atoms with Crippen LogP contribution in [0, 0.1) is 5.82 Å². The van der Waals surface area contributed by atoms with Crippen LogP contribution in [0.2, 0.25) is 0 Å². The maximum atomic E-state index is 13.0. The average Bonchev–Trinajstić information content (AvgIpc) is 2.36. The SMILES string of the molecule is CC(C)N(CCC(=O)O)C(=O)/C=C/c1cccc(F)c1. The Morgan fingerprint density at radius 2 is 2.10 bits per heavy atom. The van der Waals surface area contributed by atoms with E-state index in [0.717, 1.165) is 0 Å². The van der Waals surface area contributed by atoms with E-state index in [1.54, 1.807) is 12.1 Å². The van der Waals surface area contributed by atoms with Crippen LogP contribution in [0.3, 0.4) is 0 Å². The summed E-state index contributed by atoms with van der Waals surface area (Å²) in [4.78, 5) is 24.0. The third-order valence-electron chi connectivity index (χ3n) is 2.74. The summed E-state index contributed by atoms with van der Waals surface area (Å²) in [6.07, 6.45) is 2.75. The molecule has 108 valence electrons. The zero-order valence-electron chi connectivity index (χ0n) is 11.5. The molecule has 4 nitrogen and oxygen atoms in total. The standard InChI is InChI=1S/C15H18FNO3/c1-11(2)17(9-8-15(19)20)14(18)7-6-12-4-3-5-13(16)10-12/h3-7,10-11H,8-9H2,1-2H3,(H,19,20)/b7-6+. The number of hydrogen-bond donors (Lipinski definition) is 1. The minimum atomic E-state index is -0.947. The van der Waals surface area contributed by atoms with Crippen molar-refractivity contribution in [3.05, 3.63) is 41.7 Å². The van der Waals surface area contributed by atoms with Crippen molar-refractivity contribution in [3.63, 3.8) is 0 Å². The number of carbonyl (C=O) groups is 2. The van der Waals surface area contributed by atoms with Crippen LogP contribution in [0.25, 0.3) is 6.08 Å². The van der Waals surface area contributed by atoms with E-state index in [4.69, 9.17) is 5.11 Å². The van der Waals surface area contributed by atoms with Crippen molar-refractivity contribution < 1.29 is 19.1 Å². The summed E-state index contributed by atoms with van der Waals surface area (Å²) >= 11 is 0. The third kappa shape index (κ3) is 5.22. The number of hydrogen-bond acceptors (Lipinski definition) is 2. The van der Waals surface area contributed by atoms with Crippen molar-refractivity contribution in [3.8, 4) is 0 Å². The number of halogens is 1. The highest BCUT2D eigenvalue weighted by atomic mass is 19.1. The number of carboxylic acid groups (broad SMARTS) is 1. The molecule has 0 aromatic heterocycles. The van der Waals surface area contributed by atoms with Gasteiger partial charge in [0.05, 0.1) is 6.42 Å². The zero-order valence-corrected chi connectivity index (χ0v) is 11.5. The van der Waals surface area contributed by atoms with Gasteiger partial charge in [-0.25, -0.2) is 4.39 Å². The minimum absolute atomic E-state index is 0.0981. The summed E-state index contributed by atoms with van der Waals surface area (Å²) < 4.78 is 13.0. The minimum Gasteiger partial charge on any atom is -0.481 e. The van der Waals surface area contributed by atoms with Crippen molar-refractivity contribution in [1.29, 1.82) is 0 Å². The lowest BCUT2D eigenvalue weighted by Crippen LogP contribution is -2.37. The van der Waals surface area contributed by atoms with Gasteiger partial charge in [-0.1, -0.05) is 12.1 Å². The summed E-state index contributed by atoms with van der Waals surface area (Å²) in [6.45, 7) is 3.78. The Bertz CT molecular complexity index is 512. The zero-order chi connectivity index (χ0) is 15.1. The van der Waals surface area contributed by atoms with Crippen molar-refractivity contribution in [1.82, 2.24) is 4.90 Å². The molecule has 0 spiro atoms. The fourth-order valence-electron chi connectivity index (χ4n) is 1.71. The molecule has 0 aliphatic rings. The molecule has 0 unspecified atom stereocenters. The van der Waals surface area contributed by atoms with Crippen LogP contribution in [0.4, 0.5) is 4.39 Å². The second-order valence-corrected chi connectivity index (χ2v) is 4.66. The Morgan fingerprint density at radius 3 is 2.65 bits per heavy atom. The predicted octanol–water partition coefficient (Wildman–Crippen LogP) is 2.55. The average molecular weight is 279 g/mol. The number of rotatable bonds is 6. The lowest BCUT2D eigenvalue weighted by molar-refractivity contribution is -0.138. The van der Waals surface area contributed by atoms with Crippen molar-refractivity contribution in [2.75, 3.05) is 6.54 Å². The number of carboxylic acids is 1. The fraction of sp³-hybridized carbons (Fsp3) is 0.333. The van der Waals surface area contributed by atoms with Crippen molar-refractivity contribution >= 4 is 18.0 Å². The summed E-state index contributed by atoms with van der Waals surface area (Å²) in [5, 5.41) is 8.67. The molecular weight excluding hydrogens is 261 g/mol. The van der Waals surface area contributed by atoms with E-state index in [-0.39, 0.29) is 30.7 Å². The molecule has 0 radical (unpaired) electrons. The van der Waals surface area contributed by atoms with Crippen LogP contribution in [0.15, 0.2) is 30.3 Å². The van der Waals surface area contributed by atoms with Crippen molar-refractivity contribution in [2.45, 2.75) is 26.3 Å². The van der Waals surface area contributed by atoms with Gasteiger partial charge in [0.15, 0.2) is 0 Å². The molecule has 1 aromatic carbocycles. The van der Waals surface area contributed by atoms with E-state index in [2.05, 4.69) is 0 Å². The normalized spacial score (nSPS) is 11.0. The van der Waals surface area contributed by atoms with Gasteiger partial charge in [0.25, 0.3) is 0 Å². The number of nitrogens with zero attached hydrogens (tertiary/aromatic N) is 1. The highest BCUT2D eigenvalue weighted by molar-refractivity contribution is 5.92. The predicted molar refractivity (Wildman–Crippen MR) is 74.5 cm³/mol. The molecule has 1 amide bonds. The van der Waals surface area contributed by atoms with Crippen LogP contribution in [-0.4, -0.2) is 34.5 Å². The molecule has 1 rings (SSSR count). The van der Waals surface area contributed by atoms with E-state index in [1.165, 1.54) is 29.2 Å². The molecule has 0 aliphatic carbocycles. The Kier molecular flexibility index (Phi) is 5.90. The first-order valence-electron chi connectivity index (χ1n) is 6.36. The lowest BCUT2D eigenvalue weighted by atomic mass is 10.2. The maximum absolute atomic E-state index is 13.0. The lowest BCUT2D eigenvalue weighted by Gasteiger charge is -2.24. The Labute approximate surface area is 117 Å². The first-order chi connectivity index (χ1) is 9.40. The molecule has 5 heteroatoms. The van der Waals surface area contributed by atoms with Crippen LogP contribution in [0.5, 0.6) is 0 Å². The number of carbonyl (C=O) groups excluding carboxylic acids is 1. The first-order valence-corrected chi connectivity index (χ1v) is 6.36. The largest absolute Gasteiger partial charge is 0.481 e. The Balaban J connectivity index is 2.72. The fourth-order valence-corrected chi connectivity index (χ4v) is 1.71. The van der Waals surface area contributed by atoms with Gasteiger partial charge in [-0.2, -0.15) is 0 Å². The van der Waals surface area contributed by atoms with E-state index in [9.17, 15) is 14.0 Å². The smallest absolute Gasteiger partial charge is 0.305 e. The molecule has 1 aromatic rings. The van der Waals surface area contributed by atoms with Crippen LogP contribution in [0.1, 0.15) is 25.8 Å². The van der Waals surface area contributed by atoms with Gasteiger partial charge in [-0.15, -0.1) is 0 Å². The van der Waals surface area contributed by atoms with Gasteiger partial charge >= 0.3 is 5.97 Å². The first kappa shape index (κ1) is 15.9. The Morgan fingerprint density at radius 1 is 1.40 bits per heavy atom. The Hall–Kier alpha value is -2.17. The summed E-state index contributed by atoms with van der Waals surface area (Å²) in [5.41, 5.74) is 0.584. The van der Waals surface area contributed by atoms with Gasteiger partial charge in [-0.3, -0.25) is 9.59 Å². The molecule has 0 fully saturated rings. The van der Waals surface area contributed by atoms with Crippen LogP contribution < -0.4 is 0 Å². The molecule has 0 heterocycles. The second-order valence-electron chi connectivity index (χ2n) is 4.66. The topological polar surface area (TPSA) is 57.6 Å². The maximum Gasteiger partial charge on any atom is 0.305 e.